The fourth-order valence-corrected chi connectivity index (χ4v) is 4.18. The van der Waals surface area contributed by atoms with E-state index < -0.39 is 0 Å². The van der Waals surface area contributed by atoms with Gasteiger partial charge in [0.2, 0.25) is 5.91 Å². The second kappa shape index (κ2) is 9.08. The molecule has 1 amide bonds. The quantitative estimate of drug-likeness (QED) is 0.729. The lowest BCUT2D eigenvalue weighted by Gasteiger charge is -2.21. The van der Waals surface area contributed by atoms with Gasteiger partial charge in [-0.1, -0.05) is 43.9 Å². The first-order valence-corrected chi connectivity index (χ1v) is 10.1. The maximum Gasteiger partial charge on any atom is 0.230 e. The van der Waals surface area contributed by atoms with Crippen LogP contribution in [0.15, 0.2) is 28.0 Å². The topological polar surface area (TPSA) is 73.0 Å². The minimum atomic E-state index is -0.0270. The first-order valence-electron chi connectivity index (χ1n) is 9.10. The number of hydrogen-bond donors (Lipinski definition) is 1. The smallest absolute Gasteiger partial charge is 0.230 e. The molecule has 2 heterocycles. The van der Waals surface area contributed by atoms with E-state index in [-0.39, 0.29) is 5.91 Å². The number of hydrogen-bond acceptors (Lipinski definition) is 5. The van der Waals surface area contributed by atoms with Gasteiger partial charge in [-0.05, 0) is 25.0 Å². The number of nitrogens with zero attached hydrogens (tertiary/aromatic N) is 3. The first kappa shape index (κ1) is 18.0. The van der Waals surface area contributed by atoms with Crippen LogP contribution in [0.4, 0.5) is 0 Å². The van der Waals surface area contributed by atoms with Gasteiger partial charge in [0.15, 0.2) is 5.16 Å². The van der Waals surface area contributed by atoms with Crippen LogP contribution in [-0.2, 0) is 24.3 Å². The summed E-state index contributed by atoms with van der Waals surface area (Å²) < 4.78 is 7.36. The van der Waals surface area contributed by atoms with Crippen molar-refractivity contribution in [2.75, 3.05) is 5.75 Å². The summed E-state index contributed by atoms with van der Waals surface area (Å²) in [4.78, 5) is 12.0. The normalized spacial score (nSPS) is 15.4. The van der Waals surface area contributed by atoms with Crippen molar-refractivity contribution in [3.8, 4) is 0 Å². The van der Waals surface area contributed by atoms with Crippen LogP contribution in [0.5, 0.6) is 0 Å². The van der Waals surface area contributed by atoms with E-state index in [1.807, 2.05) is 12.1 Å². The molecule has 0 atom stereocenters. The molecule has 1 aliphatic rings. The average Bonchev–Trinajstić information content (AvgIpc) is 3.28. The van der Waals surface area contributed by atoms with E-state index in [0.29, 0.717) is 12.3 Å². The molecule has 0 unspecified atom stereocenters. The molecule has 7 heteroatoms. The molecule has 2 aromatic rings. The maximum atomic E-state index is 12.0. The van der Waals surface area contributed by atoms with E-state index in [0.717, 1.165) is 35.6 Å². The molecule has 136 valence electrons. The van der Waals surface area contributed by atoms with Gasteiger partial charge in [-0.25, -0.2) is 0 Å². The van der Waals surface area contributed by atoms with E-state index in [4.69, 9.17) is 4.42 Å². The number of thioether (sulfide) groups is 1. The molecule has 0 spiro atoms. The van der Waals surface area contributed by atoms with Crippen molar-refractivity contribution in [3.63, 3.8) is 0 Å². The third-order valence-corrected chi connectivity index (χ3v) is 5.64. The minimum absolute atomic E-state index is 0.0270. The lowest BCUT2D eigenvalue weighted by atomic mass is 9.87. The Morgan fingerprint density at radius 3 is 2.92 bits per heavy atom. The number of rotatable bonds is 8. The highest BCUT2D eigenvalue weighted by atomic mass is 32.2. The van der Waals surface area contributed by atoms with Crippen molar-refractivity contribution in [2.45, 2.75) is 63.7 Å². The van der Waals surface area contributed by atoms with Gasteiger partial charge in [-0.15, -0.1) is 10.2 Å². The highest BCUT2D eigenvalue weighted by Crippen LogP contribution is 2.27. The van der Waals surface area contributed by atoms with Crippen molar-refractivity contribution in [2.24, 2.45) is 5.92 Å². The Labute approximate surface area is 152 Å². The van der Waals surface area contributed by atoms with E-state index >= 15 is 0 Å². The number of furan rings is 1. The summed E-state index contributed by atoms with van der Waals surface area (Å²) in [6, 6.07) is 3.66. The molecule has 1 N–H and O–H groups in total. The molecule has 25 heavy (non-hydrogen) atoms. The summed E-state index contributed by atoms with van der Waals surface area (Å²) in [7, 11) is 0. The van der Waals surface area contributed by atoms with Crippen LogP contribution < -0.4 is 5.32 Å². The van der Waals surface area contributed by atoms with E-state index in [1.54, 1.807) is 6.26 Å². The molecule has 0 saturated heterocycles. The zero-order valence-corrected chi connectivity index (χ0v) is 15.6. The van der Waals surface area contributed by atoms with Crippen molar-refractivity contribution >= 4 is 17.7 Å². The molecule has 6 nitrogen and oxygen atoms in total. The Kier molecular flexibility index (Phi) is 6.55. The van der Waals surface area contributed by atoms with Crippen LogP contribution >= 0.6 is 11.8 Å². The largest absolute Gasteiger partial charge is 0.467 e. The molecule has 0 aliphatic heterocycles. The molecule has 0 radical (unpaired) electrons. The lowest BCUT2D eigenvalue weighted by Crippen LogP contribution is -2.24. The predicted octanol–water partition coefficient (Wildman–Crippen LogP) is 3.42. The molecule has 1 aliphatic carbocycles. The van der Waals surface area contributed by atoms with Gasteiger partial charge in [0.1, 0.15) is 11.6 Å². The predicted molar refractivity (Wildman–Crippen MR) is 97.3 cm³/mol. The standard InChI is InChI=1S/C18H26N4O2S/c1-2-22-16(11-14-7-4-3-5-8-14)20-21-18(22)25-13-17(23)19-12-15-9-6-10-24-15/h6,9-10,14H,2-5,7-8,11-13H2,1H3,(H,19,23). The van der Waals surface area contributed by atoms with Gasteiger partial charge >= 0.3 is 0 Å². The Hall–Kier alpha value is -1.76. The van der Waals surface area contributed by atoms with Crippen LogP contribution in [0, 0.1) is 5.92 Å². The minimum Gasteiger partial charge on any atom is -0.467 e. The molecule has 2 aromatic heterocycles. The SMILES string of the molecule is CCn1c(CC2CCCCC2)nnc1SCC(=O)NCc1ccco1. The second-order valence-electron chi connectivity index (χ2n) is 6.50. The van der Waals surface area contributed by atoms with E-state index in [9.17, 15) is 4.79 Å². The number of amides is 1. The Balaban J connectivity index is 1.50. The molecule has 1 saturated carbocycles. The lowest BCUT2D eigenvalue weighted by molar-refractivity contribution is -0.118. The zero-order chi connectivity index (χ0) is 17.5. The summed E-state index contributed by atoms with van der Waals surface area (Å²) in [5, 5.41) is 12.4. The van der Waals surface area contributed by atoms with Crippen LogP contribution in [-0.4, -0.2) is 26.4 Å². The second-order valence-corrected chi connectivity index (χ2v) is 7.44. The third kappa shape index (κ3) is 5.11. The maximum absolute atomic E-state index is 12.0. The summed E-state index contributed by atoms with van der Waals surface area (Å²) in [5.74, 6) is 2.86. The Bertz CT molecular complexity index is 663. The van der Waals surface area contributed by atoms with Gasteiger partial charge in [-0.3, -0.25) is 4.79 Å². The average molecular weight is 362 g/mol. The highest BCUT2D eigenvalue weighted by Gasteiger charge is 2.19. The van der Waals surface area contributed by atoms with Gasteiger partial charge in [-0.2, -0.15) is 0 Å². The van der Waals surface area contributed by atoms with Gasteiger partial charge < -0.3 is 14.3 Å². The van der Waals surface area contributed by atoms with Crippen molar-refractivity contribution in [1.82, 2.24) is 20.1 Å². The summed E-state index contributed by atoms with van der Waals surface area (Å²) in [6.07, 6.45) is 9.25. The fourth-order valence-electron chi connectivity index (χ4n) is 3.32. The molecule has 0 bridgehead atoms. The molecule has 1 fully saturated rings. The number of carbonyl (C=O) groups is 1. The van der Waals surface area contributed by atoms with Gasteiger partial charge in [0.25, 0.3) is 0 Å². The van der Waals surface area contributed by atoms with Crippen LogP contribution in [0.3, 0.4) is 0 Å². The van der Waals surface area contributed by atoms with Gasteiger partial charge in [0.05, 0.1) is 18.6 Å². The van der Waals surface area contributed by atoms with Crippen molar-refractivity contribution in [1.29, 1.82) is 0 Å². The molecule has 0 aromatic carbocycles. The van der Waals surface area contributed by atoms with Crippen LogP contribution in [0.1, 0.15) is 50.6 Å². The number of carbonyl (C=O) groups excluding carboxylic acids is 1. The number of nitrogens with one attached hydrogen (secondary N) is 1. The van der Waals surface area contributed by atoms with E-state index in [1.165, 1.54) is 43.9 Å². The van der Waals surface area contributed by atoms with Crippen LogP contribution in [0.2, 0.25) is 0 Å². The molecular weight excluding hydrogens is 336 g/mol. The van der Waals surface area contributed by atoms with Crippen LogP contribution in [0.25, 0.3) is 0 Å². The number of aromatic nitrogens is 3. The Morgan fingerprint density at radius 1 is 1.36 bits per heavy atom. The van der Waals surface area contributed by atoms with Crippen molar-refractivity contribution < 1.29 is 9.21 Å². The molecule has 3 rings (SSSR count). The summed E-state index contributed by atoms with van der Waals surface area (Å²) in [5.41, 5.74) is 0. The fraction of sp³-hybridized carbons (Fsp3) is 0.611. The van der Waals surface area contributed by atoms with Gasteiger partial charge in [0, 0.05) is 13.0 Å². The van der Waals surface area contributed by atoms with E-state index in [2.05, 4.69) is 27.0 Å². The summed E-state index contributed by atoms with van der Waals surface area (Å²) >= 11 is 1.45. The highest BCUT2D eigenvalue weighted by molar-refractivity contribution is 7.99. The first-order chi connectivity index (χ1) is 12.3. The van der Waals surface area contributed by atoms with Crippen molar-refractivity contribution in [3.05, 3.63) is 30.0 Å². The zero-order valence-electron chi connectivity index (χ0n) is 14.7. The molecular formula is C18H26N4O2S. The summed E-state index contributed by atoms with van der Waals surface area (Å²) in [6.45, 7) is 3.36. The monoisotopic (exact) mass is 362 g/mol. The third-order valence-electron chi connectivity index (χ3n) is 4.68. The Morgan fingerprint density at radius 2 is 2.20 bits per heavy atom.